The molecule has 0 bridgehead atoms. The highest BCUT2D eigenvalue weighted by molar-refractivity contribution is 5.85. The molecular formula is C14H19Cl2F2N3. The van der Waals surface area contributed by atoms with E-state index in [1.54, 1.807) is 4.57 Å². The van der Waals surface area contributed by atoms with E-state index in [0.717, 1.165) is 42.8 Å². The van der Waals surface area contributed by atoms with Gasteiger partial charge in [0.05, 0.1) is 17.6 Å². The number of imidazole rings is 1. The van der Waals surface area contributed by atoms with E-state index in [1.165, 1.54) is 0 Å². The number of piperidine rings is 1. The Morgan fingerprint density at radius 1 is 1.19 bits per heavy atom. The fourth-order valence-corrected chi connectivity index (χ4v) is 2.82. The Kier molecular flexibility index (Phi) is 6.84. The van der Waals surface area contributed by atoms with E-state index in [9.17, 15) is 8.78 Å². The van der Waals surface area contributed by atoms with Crippen molar-refractivity contribution in [2.45, 2.75) is 31.7 Å². The summed E-state index contributed by atoms with van der Waals surface area (Å²) >= 11 is 0. The van der Waals surface area contributed by atoms with Crippen LogP contribution in [-0.4, -0.2) is 29.1 Å². The Labute approximate surface area is 134 Å². The van der Waals surface area contributed by atoms with Gasteiger partial charge < -0.3 is 9.88 Å². The summed E-state index contributed by atoms with van der Waals surface area (Å²) in [5.74, 6) is 1.11. The summed E-state index contributed by atoms with van der Waals surface area (Å²) in [5.41, 5.74) is 1.63. The standard InChI is InChI=1S/C14H17F2N3.2ClH/c15-13(16)9-19-12-4-2-1-3-11(12)18-14(19)10-5-7-17-8-6-10;;/h1-4,10,13,17H,5-9H2;2*1H. The molecule has 3 nitrogen and oxygen atoms in total. The zero-order valence-corrected chi connectivity index (χ0v) is 13.1. The predicted octanol–water partition coefficient (Wildman–Crippen LogP) is 3.61. The lowest BCUT2D eigenvalue weighted by molar-refractivity contribution is 0.126. The number of hydrogen-bond donors (Lipinski definition) is 1. The van der Waals surface area contributed by atoms with Crippen molar-refractivity contribution in [3.63, 3.8) is 0 Å². The van der Waals surface area contributed by atoms with Crippen molar-refractivity contribution in [2.24, 2.45) is 0 Å². The first-order valence-electron chi connectivity index (χ1n) is 6.69. The summed E-state index contributed by atoms with van der Waals surface area (Å²) in [6.07, 6.45) is -0.419. The highest BCUT2D eigenvalue weighted by atomic mass is 35.5. The van der Waals surface area contributed by atoms with Crippen LogP contribution >= 0.6 is 24.8 Å². The monoisotopic (exact) mass is 337 g/mol. The van der Waals surface area contributed by atoms with Crippen LogP contribution in [0.4, 0.5) is 8.78 Å². The first-order chi connectivity index (χ1) is 9.25. The van der Waals surface area contributed by atoms with Crippen LogP contribution < -0.4 is 5.32 Å². The largest absolute Gasteiger partial charge is 0.322 e. The van der Waals surface area contributed by atoms with Gasteiger partial charge in [-0.2, -0.15) is 0 Å². The van der Waals surface area contributed by atoms with Gasteiger partial charge in [0.15, 0.2) is 0 Å². The van der Waals surface area contributed by atoms with Crippen LogP contribution in [0.5, 0.6) is 0 Å². The molecule has 3 rings (SSSR count). The molecule has 0 unspecified atom stereocenters. The molecule has 2 aromatic rings. The van der Waals surface area contributed by atoms with E-state index in [1.807, 2.05) is 24.3 Å². The Balaban J connectivity index is 0.00000110. The van der Waals surface area contributed by atoms with Crippen molar-refractivity contribution in [3.8, 4) is 0 Å². The third-order valence-corrected chi connectivity index (χ3v) is 3.71. The van der Waals surface area contributed by atoms with Gasteiger partial charge in [-0.05, 0) is 38.1 Å². The van der Waals surface area contributed by atoms with Crippen LogP contribution in [-0.2, 0) is 6.54 Å². The zero-order chi connectivity index (χ0) is 13.2. The summed E-state index contributed by atoms with van der Waals surface area (Å²) in [6.45, 7) is 1.60. The molecule has 1 aliphatic rings. The maximum Gasteiger partial charge on any atom is 0.256 e. The second-order valence-corrected chi connectivity index (χ2v) is 4.98. The molecule has 0 atom stereocenters. The molecule has 0 amide bonds. The highest BCUT2D eigenvalue weighted by Crippen LogP contribution is 2.28. The molecule has 0 spiro atoms. The number of benzene rings is 1. The third kappa shape index (κ3) is 3.84. The zero-order valence-electron chi connectivity index (χ0n) is 11.5. The smallest absolute Gasteiger partial charge is 0.256 e. The van der Waals surface area contributed by atoms with E-state index in [0.29, 0.717) is 0 Å². The van der Waals surface area contributed by atoms with Gasteiger partial charge in [-0.1, -0.05) is 12.1 Å². The molecule has 1 aliphatic heterocycles. The van der Waals surface area contributed by atoms with Gasteiger partial charge in [0.2, 0.25) is 0 Å². The lowest BCUT2D eigenvalue weighted by Crippen LogP contribution is -2.28. The average molecular weight is 338 g/mol. The van der Waals surface area contributed by atoms with Crippen LogP contribution in [0.1, 0.15) is 24.6 Å². The molecule has 21 heavy (non-hydrogen) atoms. The van der Waals surface area contributed by atoms with Crippen LogP contribution in [0.2, 0.25) is 0 Å². The number of nitrogens with one attached hydrogen (secondary N) is 1. The van der Waals surface area contributed by atoms with Crippen LogP contribution in [0, 0.1) is 0 Å². The molecule has 1 N–H and O–H groups in total. The minimum absolute atomic E-state index is 0. The third-order valence-electron chi connectivity index (χ3n) is 3.71. The van der Waals surface area contributed by atoms with Crippen molar-refractivity contribution in [2.75, 3.05) is 13.1 Å². The Morgan fingerprint density at radius 2 is 1.86 bits per heavy atom. The molecule has 1 fully saturated rings. The lowest BCUT2D eigenvalue weighted by atomic mass is 9.97. The quantitative estimate of drug-likeness (QED) is 0.927. The molecule has 7 heteroatoms. The average Bonchev–Trinajstić information content (AvgIpc) is 2.78. The van der Waals surface area contributed by atoms with E-state index in [2.05, 4.69) is 10.3 Å². The normalized spacial score (nSPS) is 15.8. The van der Waals surface area contributed by atoms with Crippen molar-refractivity contribution >= 4 is 35.8 Å². The Hall–Kier alpha value is -0.910. The number of aromatic nitrogens is 2. The molecule has 1 aromatic heterocycles. The SMILES string of the molecule is Cl.Cl.FC(F)Cn1c(C2CCNCC2)nc2ccccc21. The maximum absolute atomic E-state index is 12.8. The number of fused-ring (bicyclic) bond motifs is 1. The fraction of sp³-hybridized carbons (Fsp3) is 0.500. The number of para-hydroxylation sites is 2. The van der Waals surface area contributed by atoms with Gasteiger partial charge in [-0.25, -0.2) is 13.8 Å². The molecule has 118 valence electrons. The number of alkyl halides is 2. The molecule has 1 saturated heterocycles. The summed E-state index contributed by atoms with van der Waals surface area (Å²) in [7, 11) is 0. The van der Waals surface area contributed by atoms with Gasteiger partial charge in [-0.3, -0.25) is 0 Å². The predicted molar refractivity (Wildman–Crippen MR) is 85.1 cm³/mol. The van der Waals surface area contributed by atoms with Gasteiger partial charge in [0.25, 0.3) is 6.43 Å². The minimum atomic E-state index is -2.35. The van der Waals surface area contributed by atoms with Crippen molar-refractivity contribution in [3.05, 3.63) is 30.1 Å². The van der Waals surface area contributed by atoms with Crippen LogP contribution in [0.3, 0.4) is 0 Å². The van der Waals surface area contributed by atoms with Crippen molar-refractivity contribution < 1.29 is 8.78 Å². The Bertz CT molecular complexity index is 568. The van der Waals surface area contributed by atoms with Gasteiger partial charge in [0.1, 0.15) is 5.82 Å². The number of halogens is 4. The fourth-order valence-electron chi connectivity index (χ4n) is 2.82. The lowest BCUT2D eigenvalue weighted by Gasteiger charge is -2.23. The summed E-state index contributed by atoms with van der Waals surface area (Å²) < 4.78 is 27.3. The van der Waals surface area contributed by atoms with E-state index in [-0.39, 0.29) is 37.3 Å². The molecule has 0 aliphatic carbocycles. The van der Waals surface area contributed by atoms with E-state index in [4.69, 9.17) is 0 Å². The molecule has 1 aromatic carbocycles. The van der Waals surface area contributed by atoms with Crippen molar-refractivity contribution in [1.29, 1.82) is 0 Å². The Morgan fingerprint density at radius 3 is 2.52 bits per heavy atom. The molecule has 0 saturated carbocycles. The molecule has 0 radical (unpaired) electrons. The van der Waals surface area contributed by atoms with E-state index >= 15 is 0 Å². The van der Waals surface area contributed by atoms with Gasteiger partial charge in [-0.15, -0.1) is 24.8 Å². The summed E-state index contributed by atoms with van der Waals surface area (Å²) in [4.78, 5) is 4.59. The number of rotatable bonds is 3. The number of hydrogen-bond acceptors (Lipinski definition) is 2. The second kappa shape index (κ2) is 7.92. The van der Waals surface area contributed by atoms with Crippen LogP contribution in [0.25, 0.3) is 11.0 Å². The van der Waals surface area contributed by atoms with Crippen molar-refractivity contribution in [1.82, 2.24) is 14.9 Å². The van der Waals surface area contributed by atoms with E-state index < -0.39 is 6.43 Å². The first kappa shape index (κ1) is 18.1. The topological polar surface area (TPSA) is 29.9 Å². The molecule has 2 heterocycles. The first-order valence-corrected chi connectivity index (χ1v) is 6.69. The molecular weight excluding hydrogens is 319 g/mol. The highest BCUT2D eigenvalue weighted by Gasteiger charge is 2.23. The summed E-state index contributed by atoms with van der Waals surface area (Å²) in [6, 6.07) is 7.53. The summed E-state index contributed by atoms with van der Waals surface area (Å²) in [5, 5.41) is 3.29. The van der Waals surface area contributed by atoms with Crippen LogP contribution in [0.15, 0.2) is 24.3 Å². The van der Waals surface area contributed by atoms with Gasteiger partial charge >= 0.3 is 0 Å². The number of nitrogens with zero attached hydrogens (tertiary/aromatic N) is 2. The van der Waals surface area contributed by atoms with Gasteiger partial charge in [0, 0.05) is 5.92 Å². The maximum atomic E-state index is 12.8. The minimum Gasteiger partial charge on any atom is -0.322 e. The second-order valence-electron chi connectivity index (χ2n) is 4.98.